The zero-order chi connectivity index (χ0) is 15.2. The minimum Gasteiger partial charge on any atom is -0.484 e. The Bertz CT molecular complexity index is 530. The van der Waals surface area contributed by atoms with Crippen molar-refractivity contribution in [1.82, 2.24) is 5.32 Å². The van der Waals surface area contributed by atoms with Crippen LogP contribution in [0.25, 0.3) is 0 Å². The highest BCUT2D eigenvalue weighted by molar-refractivity contribution is 5.77. The number of hydrogen-bond donors (Lipinski definition) is 2. The number of carboxylic acid groups (broad SMARTS) is 1. The van der Waals surface area contributed by atoms with Crippen LogP contribution >= 0.6 is 0 Å². The number of benzene rings is 1. The molecule has 0 fully saturated rings. The highest BCUT2D eigenvalue weighted by Crippen LogP contribution is 2.32. The van der Waals surface area contributed by atoms with Crippen LogP contribution in [0.3, 0.4) is 0 Å². The van der Waals surface area contributed by atoms with Gasteiger partial charge in [-0.25, -0.2) is 4.79 Å². The monoisotopic (exact) mass is 295 g/mol. The molecule has 1 atom stereocenters. The lowest BCUT2D eigenvalue weighted by molar-refractivity contribution is -0.144. The first-order valence-corrected chi connectivity index (χ1v) is 6.51. The highest BCUT2D eigenvalue weighted by Gasteiger charge is 2.28. The van der Waals surface area contributed by atoms with Crippen molar-refractivity contribution in [2.75, 3.05) is 26.9 Å². The second-order valence-electron chi connectivity index (χ2n) is 4.55. The Morgan fingerprint density at radius 3 is 3.00 bits per heavy atom. The van der Waals surface area contributed by atoms with E-state index in [0.717, 1.165) is 5.56 Å². The van der Waals surface area contributed by atoms with E-state index in [2.05, 4.69) is 5.32 Å². The molecule has 1 amide bonds. The van der Waals surface area contributed by atoms with Crippen LogP contribution < -0.4 is 14.8 Å². The van der Waals surface area contributed by atoms with Gasteiger partial charge in [0.05, 0.1) is 6.61 Å². The van der Waals surface area contributed by atoms with Gasteiger partial charge in [-0.3, -0.25) is 4.79 Å². The Hall–Kier alpha value is -2.28. The molecule has 0 aliphatic carbocycles. The SMILES string of the molecule is COCCNC(=O)COc1ccc2c(c1)OC(C(=O)O)C2. The maximum absolute atomic E-state index is 11.5. The van der Waals surface area contributed by atoms with Gasteiger partial charge in [-0.15, -0.1) is 0 Å². The second-order valence-corrected chi connectivity index (χ2v) is 4.55. The minimum atomic E-state index is -0.994. The van der Waals surface area contributed by atoms with Crippen LogP contribution in [0.4, 0.5) is 0 Å². The molecule has 0 saturated heterocycles. The summed E-state index contributed by atoms with van der Waals surface area (Å²) in [6, 6.07) is 5.03. The Balaban J connectivity index is 1.85. The lowest BCUT2D eigenvalue weighted by Gasteiger charge is -2.08. The molecule has 0 spiro atoms. The van der Waals surface area contributed by atoms with Gasteiger partial charge in [-0.1, -0.05) is 6.07 Å². The van der Waals surface area contributed by atoms with Gasteiger partial charge in [0.15, 0.2) is 12.7 Å². The predicted molar refractivity (Wildman–Crippen MR) is 72.6 cm³/mol. The van der Waals surface area contributed by atoms with E-state index >= 15 is 0 Å². The van der Waals surface area contributed by atoms with E-state index in [1.165, 1.54) is 0 Å². The summed E-state index contributed by atoms with van der Waals surface area (Å²) >= 11 is 0. The standard InChI is InChI=1S/C14H17NO6/c1-19-5-4-15-13(16)8-20-10-3-2-9-6-12(14(17)18)21-11(9)7-10/h2-3,7,12H,4-6,8H2,1H3,(H,15,16)(H,17,18). The Labute approximate surface area is 121 Å². The Morgan fingerprint density at radius 2 is 2.29 bits per heavy atom. The Kier molecular flexibility index (Phi) is 4.99. The number of aliphatic carboxylic acids is 1. The van der Waals surface area contributed by atoms with Crippen LogP contribution in [0, 0.1) is 0 Å². The third kappa shape index (κ3) is 4.09. The quantitative estimate of drug-likeness (QED) is 0.699. The molecular formula is C14H17NO6. The molecule has 7 heteroatoms. The van der Waals surface area contributed by atoms with Crippen LogP contribution in [-0.4, -0.2) is 50.0 Å². The van der Waals surface area contributed by atoms with E-state index < -0.39 is 12.1 Å². The number of carbonyl (C=O) groups is 2. The number of nitrogens with one attached hydrogen (secondary N) is 1. The van der Waals surface area contributed by atoms with Crippen molar-refractivity contribution >= 4 is 11.9 Å². The van der Waals surface area contributed by atoms with Crippen LogP contribution in [0.1, 0.15) is 5.56 Å². The lowest BCUT2D eigenvalue weighted by atomic mass is 10.1. The fourth-order valence-corrected chi connectivity index (χ4v) is 1.93. The van der Waals surface area contributed by atoms with Crippen molar-refractivity contribution in [2.24, 2.45) is 0 Å². The molecule has 7 nitrogen and oxygen atoms in total. The largest absolute Gasteiger partial charge is 0.484 e. The van der Waals surface area contributed by atoms with Crippen LogP contribution in [-0.2, 0) is 20.7 Å². The summed E-state index contributed by atoms with van der Waals surface area (Å²) in [5, 5.41) is 11.5. The maximum atomic E-state index is 11.5. The van der Waals surface area contributed by atoms with Crippen molar-refractivity contribution in [1.29, 1.82) is 0 Å². The predicted octanol–water partition coefficient (Wildman–Crippen LogP) is 0.216. The topological polar surface area (TPSA) is 94.1 Å². The zero-order valence-electron chi connectivity index (χ0n) is 11.6. The molecule has 114 valence electrons. The van der Waals surface area contributed by atoms with Crippen LogP contribution in [0.2, 0.25) is 0 Å². The number of ether oxygens (including phenoxy) is 3. The van der Waals surface area contributed by atoms with E-state index in [4.69, 9.17) is 19.3 Å². The van der Waals surface area contributed by atoms with Crippen LogP contribution in [0.5, 0.6) is 11.5 Å². The first kappa shape index (κ1) is 15.1. The van der Waals surface area contributed by atoms with Gasteiger partial charge < -0.3 is 24.6 Å². The summed E-state index contributed by atoms with van der Waals surface area (Å²) in [7, 11) is 1.55. The molecular weight excluding hydrogens is 278 g/mol. The number of carbonyl (C=O) groups excluding carboxylic acids is 1. The van der Waals surface area contributed by atoms with E-state index in [9.17, 15) is 9.59 Å². The Morgan fingerprint density at radius 1 is 1.48 bits per heavy atom. The molecule has 1 aromatic rings. The van der Waals surface area contributed by atoms with Gasteiger partial charge >= 0.3 is 5.97 Å². The molecule has 0 saturated carbocycles. The number of hydrogen-bond acceptors (Lipinski definition) is 5. The van der Waals surface area contributed by atoms with E-state index in [1.807, 2.05) is 0 Å². The van der Waals surface area contributed by atoms with E-state index in [0.29, 0.717) is 31.1 Å². The fraction of sp³-hybridized carbons (Fsp3) is 0.429. The summed E-state index contributed by atoms with van der Waals surface area (Å²) in [5.74, 6) is -0.301. The number of amides is 1. The molecule has 0 radical (unpaired) electrons. The average molecular weight is 295 g/mol. The first-order chi connectivity index (χ1) is 10.1. The third-order valence-corrected chi connectivity index (χ3v) is 2.99. The maximum Gasteiger partial charge on any atom is 0.345 e. The second kappa shape index (κ2) is 6.94. The highest BCUT2D eigenvalue weighted by atomic mass is 16.5. The summed E-state index contributed by atoms with van der Waals surface area (Å²) in [6.45, 7) is 0.742. The zero-order valence-corrected chi connectivity index (χ0v) is 11.6. The molecule has 2 rings (SSSR count). The molecule has 1 aliphatic heterocycles. The number of carboxylic acids is 1. The molecule has 21 heavy (non-hydrogen) atoms. The molecule has 0 bridgehead atoms. The fourth-order valence-electron chi connectivity index (χ4n) is 1.93. The molecule has 1 heterocycles. The summed E-state index contributed by atoms with van der Waals surface area (Å²) in [5.41, 5.74) is 0.819. The molecule has 1 unspecified atom stereocenters. The van der Waals surface area contributed by atoms with Gasteiger partial charge in [0.1, 0.15) is 11.5 Å². The summed E-state index contributed by atoms with van der Waals surface area (Å²) in [6.07, 6.45) is -0.518. The van der Waals surface area contributed by atoms with Crippen LogP contribution in [0.15, 0.2) is 18.2 Å². The smallest absolute Gasteiger partial charge is 0.345 e. The number of fused-ring (bicyclic) bond motifs is 1. The van der Waals surface area contributed by atoms with Crippen molar-refractivity contribution in [3.05, 3.63) is 23.8 Å². The van der Waals surface area contributed by atoms with E-state index in [1.54, 1.807) is 25.3 Å². The van der Waals surface area contributed by atoms with Crippen molar-refractivity contribution in [2.45, 2.75) is 12.5 Å². The summed E-state index contributed by atoms with van der Waals surface area (Å²) < 4.78 is 15.5. The normalized spacial score (nSPS) is 16.0. The molecule has 0 aromatic heterocycles. The van der Waals surface area contributed by atoms with Gasteiger partial charge in [0, 0.05) is 26.1 Å². The molecule has 1 aliphatic rings. The van der Waals surface area contributed by atoms with Gasteiger partial charge in [-0.2, -0.15) is 0 Å². The summed E-state index contributed by atoms with van der Waals surface area (Å²) in [4.78, 5) is 22.3. The van der Waals surface area contributed by atoms with Crippen molar-refractivity contribution in [3.63, 3.8) is 0 Å². The number of rotatable bonds is 7. The molecule has 2 N–H and O–H groups in total. The van der Waals surface area contributed by atoms with Gasteiger partial charge in [0.25, 0.3) is 5.91 Å². The van der Waals surface area contributed by atoms with Crippen molar-refractivity contribution < 1.29 is 28.9 Å². The van der Waals surface area contributed by atoms with Crippen molar-refractivity contribution in [3.8, 4) is 11.5 Å². The van der Waals surface area contributed by atoms with Gasteiger partial charge in [-0.05, 0) is 11.6 Å². The molecule has 1 aromatic carbocycles. The van der Waals surface area contributed by atoms with Gasteiger partial charge in [0.2, 0.25) is 0 Å². The van der Waals surface area contributed by atoms with E-state index in [-0.39, 0.29) is 12.5 Å². The average Bonchev–Trinajstić information content (AvgIpc) is 2.89. The first-order valence-electron chi connectivity index (χ1n) is 6.51. The lowest BCUT2D eigenvalue weighted by Crippen LogP contribution is -2.31. The number of methoxy groups -OCH3 is 1. The third-order valence-electron chi connectivity index (χ3n) is 2.99. The minimum absolute atomic E-state index is 0.120.